The van der Waals surface area contributed by atoms with Crippen molar-refractivity contribution in [2.45, 2.75) is 52.4 Å². The van der Waals surface area contributed by atoms with Gasteiger partial charge in [-0.3, -0.25) is 4.90 Å². The van der Waals surface area contributed by atoms with E-state index in [0.29, 0.717) is 12.6 Å². The fraction of sp³-hybridized carbons (Fsp3) is 1.00. The van der Waals surface area contributed by atoms with Crippen LogP contribution in [-0.2, 0) is 4.74 Å². The van der Waals surface area contributed by atoms with Crippen LogP contribution >= 0.6 is 0 Å². The Bertz CT molecular complexity index is 311. The lowest BCUT2D eigenvalue weighted by molar-refractivity contribution is -0.175. The Labute approximate surface area is 119 Å². The van der Waals surface area contributed by atoms with Gasteiger partial charge in [-0.2, -0.15) is 13.2 Å². The Morgan fingerprint density at radius 3 is 2.35 bits per heavy atom. The first kappa shape index (κ1) is 17.7. The molecule has 1 heterocycles. The number of nitrogens with one attached hydrogen (secondary N) is 1. The lowest BCUT2D eigenvalue weighted by Gasteiger charge is -2.49. The van der Waals surface area contributed by atoms with Crippen LogP contribution in [0.5, 0.6) is 0 Å². The summed E-state index contributed by atoms with van der Waals surface area (Å²) >= 11 is 0. The number of alkyl halides is 3. The number of nitrogens with zero attached hydrogens (tertiary/aromatic N) is 1. The normalized spacial score (nSPS) is 24.9. The molecule has 0 radical (unpaired) electrons. The van der Waals surface area contributed by atoms with Crippen molar-refractivity contribution >= 4 is 0 Å². The second kappa shape index (κ2) is 6.20. The van der Waals surface area contributed by atoms with Gasteiger partial charge >= 0.3 is 6.18 Å². The summed E-state index contributed by atoms with van der Waals surface area (Å²) in [6.07, 6.45) is -4.24. The zero-order chi connectivity index (χ0) is 15.6. The second-order valence-corrected chi connectivity index (χ2v) is 7.28. The van der Waals surface area contributed by atoms with Gasteiger partial charge in [0.25, 0.3) is 0 Å². The summed E-state index contributed by atoms with van der Waals surface area (Å²) in [6, 6.07) is 0.296. The van der Waals surface area contributed by atoms with Crippen molar-refractivity contribution in [3.63, 3.8) is 0 Å². The average Bonchev–Trinajstić information content (AvgIpc) is 2.20. The molecule has 0 saturated carbocycles. The molecule has 1 aliphatic rings. The molecule has 3 nitrogen and oxygen atoms in total. The van der Waals surface area contributed by atoms with Gasteiger partial charge in [0.2, 0.25) is 0 Å². The molecule has 0 bridgehead atoms. The first-order valence-electron chi connectivity index (χ1n) is 7.04. The molecule has 0 aromatic rings. The van der Waals surface area contributed by atoms with Crippen LogP contribution < -0.4 is 5.32 Å². The van der Waals surface area contributed by atoms with Crippen molar-refractivity contribution in [3.05, 3.63) is 0 Å². The highest BCUT2D eigenvalue weighted by Crippen LogP contribution is 2.28. The van der Waals surface area contributed by atoms with Crippen molar-refractivity contribution in [1.82, 2.24) is 10.2 Å². The number of halogens is 3. The van der Waals surface area contributed by atoms with Gasteiger partial charge in [0.05, 0.1) is 6.61 Å². The standard InChI is InChI=1S/C14H27F3N2O/c1-12(2,3)11-8-18-13(4,5)9-19(11)6-7-20-10-14(15,16)17/h11,18H,6-10H2,1-5H3. The first-order valence-corrected chi connectivity index (χ1v) is 7.04. The monoisotopic (exact) mass is 296 g/mol. The summed E-state index contributed by atoms with van der Waals surface area (Å²) in [4.78, 5) is 2.24. The minimum atomic E-state index is -4.24. The molecular formula is C14H27F3N2O. The maximum atomic E-state index is 12.1. The van der Waals surface area contributed by atoms with E-state index in [4.69, 9.17) is 4.74 Å². The third-order valence-corrected chi connectivity index (χ3v) is 3.60. The van der Waals surface area contributed by atoms with E-state index >= 15 is 0 Å². The fourth-order valence-corrected chi connectivity index (χ4v) is 2.63. The van der Waals surface area contributed by atoms with Crippen LogP contribution in [-0.4, -0.2) is 55.5 Å². The molecule has 0 spiro atoms. The highest BCUT2D eigenvalue weighted by atomic mass is 19.4. The van der Waals surface area contributed by atoms with E-state index in [-0.39, 0.29) is 17.6 Å². The number of piperazine rings is 1. The van der Waals surface area contributed by atoms with Crippen molar-refractivity contribution < 1.29 is 17.9 Å². The van der Waals surface area contributed by atoms with Gasteiger partial charge in [-0.15, -0.1) is 0 Å². The summed E-state index contributed by atoms with van der Waals surface area (Å²) in [7, 11) is 0. The van der Waals surface area contributed by atoms with Crippen molar-refractivity contribution in [3.8, 4) is 0 Å². The largest absolute Gasteiger partial charge is 0.411 e. The molecule has 1 unspecified atom stereocenters. The fourth-order valence-electron chi connectivity index (χ4n) is 2.63. The van der Waals surface area contributed by atoms with Crippen LogP contribution in [0.3, 0.4) is 0 Å². The van der Waals surface area contributed by atoms with E-state index < -0.39 is 12.8 Å². The summed E-state index contributed by atoms with van der Waals surface area (Å²) in [5.41, 5.74) is 0.0549. The Morgan fingerprint density at radius 1 is 1.25 bits per heavy atom. The minimum Gasteiger partial charge on any atom is -0.371 e. The van der Waals surface area contributed by atoms with Crippen LogP contribution in [0.4, 0.5) is 13.2 Å². The summed E-state index contributed by atoms with van der Waals surface area (Å²) in [6.45, 7) is 11.8. The number of hydrogen-bond acceptors (Lipinski definition) is 3. The minimum absolute atomic E-state index is 0.0220. The van der Waals surface area contributed by atoms with E-state index in [0.717, 1.165) is 13.1 Å². The Kier molecular flexibility index (Phi) is 5.49. The van der Waals surface area contributed by atoms with Crippen LogP contribution in [0.15, 0.2) is 0 Å². The maximum Gasteiger partial charge on any atom is 0.411 e. The molecule has 1 N–H and O–H groups in total. The third kappa shape index (κ3) is 5.97. The average molecular weight is 296 g/mol. The summed E-state index contributed by atoms with van der Waals surface area (Å²) in [5.74, 6) is 0. The molecule has 0 aliphatic carbocycles. The number of rotatable bonds is 4. The third-order valence-electron chi connectivity index (χ3n) is 3.60. The first-order chi connectivity index (χ1) is 8.91. The summed E-state index contributed by atoms with van der Waals surface area (Å²) in [5, 5.41) is 3.50. The van der Waals surface area contributed by atoms with Crippen LogP contribution in [0.2, 0.25) is 0 Å². The molecule has 0 amide bonds. The molecule has 120 valence electrons. The molecule has 0 aromatic carbocycles. The van der Waals surface area contributed by atoms with Crippen LogP contribution in [0.25, 0.3) is 0 Å². The van der Waals surface area contributed by atoms with Gasteiger partial charge < -0.3 is 10.1 Å². The van der Waals surface area contributed by atoms with E-state index in [9.17, 15) is 13.2 Å². The van der Waals surface area contributed by atoms with Crippen molar-refractivity contribution in [2.75, 3.05) is 32.8 Å². The highest BCUT2D eigenvalue weighted by molar-refractivity contribution is 4.96. The molecular weight excluding hydrogens is 269 g/mol. The van der Waals surface area contributed by atoms with E-state index in [1.165, 1.54) is 0 Å². The predicted octanol–water partition coefficient (Wildman–Crippen LogP) is 2.66. The van der Waals surface area contributed by atoms with E-state index in [1.54, 1.807) is 0 Å². The van der Waals surface area contributed by atoms with Crippen molar-refractivity contribution in [2.24, 2.45) is 5.41 Å². The molecule has 20 heavy (non-hydrogen) atoms. The van der Waals surface area contributed by atoms with E-state index in [1.807, 2.05) is 0 Å². The lowest BCUT2D eigenvalue weighted by atomic mass is 9.82. The Morgan fingerprint density at radius 2 is 1.85 bits per heavy atom. The van der Waals surface area contributed by atoms with Gasteiger partial charge in [-0.25, -0.2) is 0 Å². The molecule has 1 rings (SSSR count). The molecule has 1 aliphatic heterocycles. The molecule has 1 saturated heterocycles. The van der Waals surface area contributed by atoms with Gasteiger partial charge in [0.15, 0.2) is 0 Å². The van der Waals surface area contributed by atoms with Gasteiger partial charge in [0, 0.05) is 31.2 Å². The lowest BCUT2D eigenvalue weighted by Crippen LogP contribution is -2.65. The van der Waals surface area contributed by atoms with Crippen LogP contribution in [0, 0.1) is 5.41 Å². The van der Waals surface area contributed by atoms with Crippen LogP contribution in [0.1, 0.15) is 34.6 Å². The SMILES string of the molecule is CC1(C)CN(CCOCC(F)(F)F)C(C(C)(C)C)CN1. The van der Waals surface area contributed by atoms with Gasteiger partial charge in [-0.05, 0) is 19.3 Å². The molecule has 1 fully saturated rings. The number of ether oxygens (including phenoxy) is 1. The second-order valence-electron chi connectivity index (χ2n) is 7.28. The molecule has 1 atom stereocenters. The molecule has 0 aromatic heterocycles. The number of hydrogen-bond donors (Lipinski definition) is 1. The Hall–Kier alpha value is -0.330. The zero-order valence-electron chi connectivity index (χ0n) is 13.1. The van der Waals surface area contributed by atoms with E-state index in [2.05, 4.69) is 44.8 Å². The smallest absolute Gasteiger partial charge is 0.371 e. The van der Waals surface area contributed by atoms with Crippen molar-refractivity contribution in [1.29, 1.82) is 0 Å². The maximum absolute atomic E-state index is 12.1. The van der Waals surface area contributed by atoms with Gasteiger partial charge in [0.1, 0.15) is 6.61 Å². The molecule has 6 heteroatoms. The Balaban J connectivity index is 2.53. The predicted molar refractivity (Wildman–Crippen MR) is 73.8 cm³/mol. The zero-order valence-corrected chi connectivity index (χ0v) is 13.1. The highest BCUT2D eigenvalue weighted by Gasteiger charge is 2.38. The summed E-state index contributed by atoms with van der Waals surface area (Å²) < 4.78 is 40.9. The van der Waals surface area contributed by atoms with Gasteiger partial charge in [-0.1, -0.05) is 20.8 Å². The topological polar surface area (TPSA) is 24.5 Å². The quantitative estimate of drug-likeness (QED) is 0.807.